The van der Waals surface area contributed by atoms with Crippen LogP contribution in [0, 0.1) is 5.92 Å². The van der Waals surface area contributed by atoms with Gasteiger partial charge in [0.05, 0.1) is 13.2 Å². The van der Waals surface area contributed by atoms with Gasteiger partial charge in [0.15, 0.2) is 11.5 Å². The highest BCUT2D eigenvalue weighted by atomic mass is 16.5. The highest BCUT2D eigenvalue weighted by Crippen LogP contribution is 2.30. The van der Waals surface area contributed by atoms with Crippen molar-refractivity contribution < 1.29 is 14.3 Å². The number of nitrogens with zero attached hydrogens (tertiary/aromatic N) is 1. The van der Waals surface area contributed by atoms with E-state index in [4.69, 9.17) is 15.2 Å². The zero-order chi connectivity index (χ0) is 18.1. The van der Waals surface area contributed by atoms with Crippen LogP contribution in [-0.4, -0.2) is 43.7 Å². The minimum Gasteiger partial charge on any atom is -0.490 e. The summed E-state index contributed by atoms with van der Waals surface area (Å²) >= 11 is 0. The first kappa shape index (κ1) is 19.6. The number of ether oxygens (including phenoxy) is 2. The van der Waals surface area contributed by atoms with Gasteiger partial charge in [-0.3, -0.25) is 4.79 Å². The van der Waals surface area contributed by atoms with Crippen molar-refractivity contribution in [1.29, 1.82) is 0 Å². The minimum atomic E-state index is 0.0522. The van der Waals surface area contributed by atoms with Gasteiger partial charge in [0, 0.05) is 18.7 Å². The number of hydrogen-bond donors (Lipinski definition) is 1. The largest absolute Gasteiger partial charge is 0.490 e. The smallest absolute Gasteiger partial charge is 0.254 e. The van der Waals surface area contributed by atoms with E-state index in [-0.39, 0.29) is 5.91 Å². The van der Waals surface area contributed by atoms with Crippen LogP contribution >= 0.6 is 0 Å². The molecule has 0 aromatic heterocycles. The van der Waals surface area contributed by atoms with Crippen molar-refractivity contribution >= 4 is 5.91 Å². The van der Waals surface area contributed by atoms with E-state index in [0.717, 1.165) is 50.9 Å². The third kappa shape index (κ3) is 5.63. The molecule has 0 radical (unpaired) electrons. The molecule has 1 aliphatic rings. The number of likely N-dealkylation sites (tertiary alicyclic amines) is 1. The fourth-order valence-electron chi connectivity index (χ4n) is 2.92. The second-order valence-electron chi connectivity index (χ2n) is 6.71. The van der Waals surface area contributed by atoms with E-state index in [1.54, 1.807) is 0 Å². The molecule has 0 aliphatic carbocycles. The van der Waals surface area contributed by atoms with Gasteiger partial charge in [0.25, 0.3) is 5.91 Å². The Morgan fingerprint density at radius 3 is 2.44 bits per heavy atom. The number of carbonyl (C=O) groups is 1. The van der Waals surface area contributed by atoms with Crippen molar-refractivity contribution in [1.82, 2.24) is 4.90 Å². The lowest BCUT2D eigenvalue weighted by Gasteiger charge is -2.18. The van der Waals surface area contributed by atoms with Crippen LogP contribution in [0.1, 0.15) is 56.3 Å². The molecule has 5 nitrogen and oxygen atoms in total. The minimum absolute atomic E-state index is 0.0522. The van der Waals surface area contributed by atoms with Gasteiger partial charge >= 0.3 is 0 Å². The van der Waals surface area contributed by atoms with Gasteiger partial charge in [-0.2, -0.15) is 0 Å². The summed E-state index contributed by atoms with van der Waals surface area (Å²) in [5, 5.41) is 0. The molecule has 0 bridgehead atoms. The lowest BCUT2D eigenvalue weighted by Crippen LogP contribution is -2.29. The van der Waals surface area contributed by atoms with Crippen molar-refractivity contribution in [2.45, 2.75) is 46.0 Å². The predicted molar refractivity (Wildman–Crippen MR) is 100 cm³/mol. The molecule has 25 heavy (non-hydrogen) atoms. The van der Waals surface area contributed by atoms with Crippen molar-refractivity contribution in [2.24, 2.45) is 11.7 Å². The molecule has 140 valence electrons. The summed E-state index contributed by atoms with van der Waals surface area (Å²) < 4.78 is 11.7. The molecule has 1 aromatic carbocycles. The lowest BCUT2D eigenvalue weighted by molar-refractivity contribution is 0.0787. The molecule has 1 fully saturated rings. The van der Waals surface area contributed by atoms with Gasteiger partial charge < -0.3 is 20.1 Å². The summed E-state index contributed by atoms with van der Waals surface area (Å²) in [6, 6.07) is 5.53. The van der Waals surface area contributed by atoms with Crippen molar-refractivity contribution in [2.75, 3.05) is 32.8 Å². The average molecular weight is 348 g/mol. The predicted octanol–water partition coefficient (Wildman–Crippen LogP) is 3.47. The van der Waals surface area contributed by atoms with Crippen LogP contribution in [0.15, 0.2) is 18.2 Å². The molecule has 1 aromatic rings. The molecule has 1 aliphatic heterocycles. The number of rotatable bonds is 10. The average Bonchev–Trinajstić information content (AvgIpc) is 3.11. The second-order valence-corrected chi connectivity index (χ2v) is 6.71. The zero-order valence-corrected chi connectivity index (χ0v) is 15.6. The third-order valence-electron chi connectivity index (χ3n) is 4.61. The van der Waals surface area contributed by atoms with E-state index in [1.807, 2.05) is 23.1 Å². The Kier molecular flexibility index (Phi) is 8.06. The van der Waals surface area contributed by atoms with Crippen molar-refractivity contribution in [3.05, 3.63) is 23.8 Å². The summed E-state index contributed by atoms with van der Waals surface area (Å²) in [7, 11) is 0. The van der Waals surface area contributed by atoms with Gasteiger partial charge in [-0.1, -0.05) is 26.7 Å². The Labute approximate surface area is 151 Å². The van der Waals surface area contributed by atoms with Crippen LogP contribution in [0.25, 0.3) is 0 Å². The Balaban J connectivity index is 2.09. The van der Waals surface area contributed by atoms with E-state index >= 15 is 0 Å². The molecular weight excluding hydrogens is 316 g/mol. The second kappa shape index (κ2) is 10.3. The fraction of sp³-hybridized carbons (Fsp3) is 0.650. The topological polar surface area (TPSA) is 64.8 Å². The maximum Gasteiger partial charge on any atom is 0.254 e. The summed E-state index contributed by atoms with van der Waals surface area (Å²) in [5.41, 5.74) is 6.39. The van der Waals surface area contributed by atoms with E-state index in [0.29, 0.717) is 37.0 Å². The summed E-state index contributed by atoms with van der Waals surface area (Å²) in [6.45, 7) is 7.73. The first-order chi connectivity index (χ1) is 12.2. The quantitative estimate of drug-likeness (QED) is 0.658. The summed E-state index contributed by atoms with van der Waals surface area (Å²) in [4.78, 5) is 14.6. The number of unbranched alkanes of at least 4 members (excludes halogenated alkanes) is 2. The first-order valence-corrected chi connectivity index (χ1v) is 9.58. The number of nitrogens with two attached hydrogens (primary N) is 1. The lowest BCUT2D eigenvalue weighted by atomic mass is 10.1. The molecule has 1 unspecified atom stereocenters. The monoisotopic (exact) mass is 348 g/mol. The highest BCUT2D eigenvalue weighted by Gasteiger charge is 2.26. The summed E-state index contributed by atoms with van der Waals surface area (Å²) in [5.74, 6) is 1.87. The van der Waals surface area contributed by atoms with Crippen LogP contribution in [0.4, 0.5) is 0 Å². The molecule has 1 saturated heterocycles. The SMILES string of the molecule is CCCCOc1ccc(C(=O)N2CCC(CN)C2)cc1OCCCC. The highest BCUT2D eigenvalue weighted by molar-refractivity contribution is 5.95. The molecule has 1 amide bonds. The standard InChI is InChI=1S/C20H32N2O3/c1-3-5-11-24-18-8-7-17(13-19(18)25-12-6-4-2)20(23)22-10-9-16(14-21)15-22/h7-8,13,16H,3-6,9-12,14-15,21H2,1-2H3. The maximum absolute atomic E-state index is 12.8. The van der Waals surface area contributed by atoms with Crippen LogP contribution in [0.5, 0.6) is 11.5 Å². The number of benzene rings is 1. The van der Waals surface area contributed by atoms with Crippen LogP contribution < -0.4 is 15.2 Å². The Hall–Kier alpha value is -1.75. The molecular formula is C20H32N2O3. The van der Waals surface area contributed by atoms with Gasteiger partial charge in [-0.25, -0.2) is 0 Å². The van der Waals surface area contributed by atoms with Gasteiger partial charge in [-0.05, 0) is 49.9 Å². The van der Waals surface area contributed by atoms with E-state index in [9.17, 15) is 4.79 Å². The van der Waals surface area contributed by atoms with Crippen molar-refractivity contribution in [3.8, 4) is 11.5 Å². The normalized spacial score (nSPS) is 16.9. The first-order valence-electron chi connectivity index (χ1n) is 9.58. The summed E-state index contributed by atoms with van der Waals surface area (Å²) in [6.07, 6.45) is 5.12. The van der Waals surface area contributed by atoms with Gasteiger partial charge in [-0.15, -0.1) is 0 Å². The number of hydrogen-bond acceptors (Lipinski definition) is 4. The zero-order valence-electron chi connectivity index (χ0n) is 15.6. The van der Waals surface area contributed by atoms with Gasteiger partial charge in [0.2, 0.25) is 0 Å². The molecule has 2 N–H and O–H groups in total. The van der Waals surface area contributed by atoms with Crippen LogP contribution in [0.3, 0.4) is 0 Å². The number of amides is 1. The van der Waals surface area contributed by atoms with E-state index < -0.39 is 0 Å². The van der Waals surface area contributed by atoms with E-state index in [1.165, 1.54) is 0 Å². The Morgan fingerprint density at radius 2 is 1.84 bits per heavy atom. The fourth-order valence-corrected chi connectivity index (χ4v) is 2.92. The number of carbonyl (C=O) groups excluding carboxylic acids is 1. The molecule has 1 heterocycles. The Bertz CT molecular complexity index is 548. The Morgan fingerprint density at radius 1 is 1.16 bits per heavy atom. The molecule has 2 rings (SSSR count). The van der Waals surface area contributed by atoms with E-state index in [2.05, 4.69) is 13.8 Å². The van der Waals surface area contributed by atoms with Crippen LogP contribution in [-0.2, 0) is 0 Å². The molecule has 0 spiro atoms. The van der Waals surface area contributed by atoms with Crippen LogP contribution in [0.2, 0.25) is 0 Å². The molecule has 1 atom stereocenters. The third-order valence-corrected chi connectivity index (χ3v) is 4.61. The van der Waals surface area contributed by atoms with Gasteiger partial charge in [0.1, 0.15) is 0 Å². The maximum atomic E-state index is 12.8. The molecule has 0 saturated carbocycles. The molecule has 5 heteroatoms. The van der Waals surface area contributed by atoms with Crippen molar-refractivity contribution in [3.63, 3.8) is 0 Å².